The van der Waals surface area contributed by atoms with Gasteiger partial charge in [0.2, 0.25) is 5.91 Å². The molecule has 1 rings (SSSR count). The standard InChI is InChI=1S/C8H15NO2S/c1-6-3-11-4-7(2)9(6)8(10)5-12/h6-7,12H,3-5H2,1-2H3. The summed E-state index contributed by atoms with van der Waals surface area (Å²) in [5.74, 6) is 0.385. The van der Waals surface area contributed by atoms with Crippen molar-refractivity contribution in [3.63, 3.8) is 0 Å². The van der Waals surface area contributed by atoms with Gasteiger partial charge in [0.05, 0.1) is 31.1 Å². The third-order valence-electron chi connectivity index (χ3n) is 2.09. The van der Waals surface area contributed by atoms with Gasteiger partial charge in [-0.2, -0.15) is 12.6 Å². The van der Waals surface area contributed by atoms with E-state index < -0.39 is 0 Å². The van der Waals surface area contributed by atoms with E-state index in [1.165, 1.54) is 0 Å². The molecule has 0 bridgehead atoms. The van der Waals surface area contributed by atoms with Gasteiger partial charge in [0, 0.05) is 0 Å². The molecule has 1 aliphatic heterocycles. The van der Waals surface area contributed by atoms with Crippen LogP contribution in [0.5, 0.6) is 0 Å². The molecule has 2 atom stereocenters. The summed E-state index contributed by atoms with van der Waals surface area (Å²) in [6.45, 7) is 5.28. The molecular weight excluding hydrogens is 174 g/mol. The minimum atomic E-state index is 0.0987. The largest absolute Gasteiger partial charge is 0.377 e. The predicted molar refractivity (Wildman–Crippen MR) is 50.4 cm³/mol. The van der Waals surface area contributed by atoms with Crippen LogP contribution in [0, 0.1) is 0 Å². The molecule has 0 aromatic heterocycles. The first-order valence-corrected chi connectivity index (χ1v) is 4.79. The Morgan fingerprint density at radius 3 is 2.42 bits per heavy atom. The Bertz CT molecular complexity index is 164. The van der Waals surface area contributed by atoms with Gasteiger partial charge in [-0.25, -0.2) is 0 Å². The Labute approximate surface area is 78.5 Å². The quantitative estimate of drug-likeness (QED) is 0.610. The maximum Gasteiger partial charge on any atom is 0.232 e. The van der Waals surface area contributed by atoms with Gasteiger partial charge in [-0.3, -0.25) is 4.79 Å². The second kappa shape index (κ2) is 4.14. The Hall–Kier alpha value is -0.220. The number of carbonyl (C=O) groups is 1. The summed E-state index contributed by atoms with van der Waals surface area (Å²) in [6.07, 6.45) is 0. The van der Waals surface area contributed by atoms with E-state index in [1.54, 1.807) is 0 Å². The summed E-state index contributed by atoms with van der Waals surface area (Å²) in [5.41, 5.74) is 0. The molecule has 12 heavy (non-hydrogen) atoms. The Kier molecular flexibility index (Phi) is 3.40. The van der Waals surface area contributed by atoms with E-state index in [0.29, 0.717) is 13.2 Å². The number of morpholine rings is 1. The first kappa shape index (κ1) is 9.86. The fourth-order valence-corrected chi connectivity index (χ4v) is 1.74. The monoisotopic (exact) mass is 189 g/mol. The molecular formula is C8H15NO2S. The molecule has 0 N–H and O–H groups in total. The zero-order chi connectivity index (χ0) is 9.14. The van der Waals surface area contributed by atoms with Crippen LogP contribution in [0.3, 0.4) is 0 Å². The van der Waals surface area contributed by atoms with Crippen LogP contribution in [0.1, 0.15) is 13.8 Å². The van der Waals surface area contributed by atoms with Crippen LogP contribution in [0.4, 0.5) is 0 Å². The van der Waals surface area contributed by atoms with Crippen LogP contribution >= 0.6 is 12.6 Å². The highest BCUT2D eigenvalue weighted by atomic mass is 32.1. The lowest BCUT2D eigenvalue weighted by molar-refractivity contribution is -0.141. The average molecular weight is 189 g/mol. The first-order valence-electron chi connectivity index (χ1n) is 4.16. The fourth-order valence-electron chi connectivity index (χ4n) is 1.58. The fraction of sp³-hybridized carbons (Fsp3) is 0.875. The van der Waals surface area contributed by atoms with Crippen molar-refractivity contribution in [2.75, 3.05) is 19.0 Å². The number of thiol groups is 1. The van der Waals surface area contributed by atoms with E-state index in [4.69, 9.17) is 4.74 Å². The van der Waals surface area contributed by atoms with Crippen LogP contribution in [0.15, 0.2) is 0 Å². The molecule has 1 heterocycles. The first-order chi connectivity index (χ1) is 5.66. The van der Waals surface area contributed by atoms with Crippen molar-refractivity contribution in [2.45, 2.75) is 25.9 Å². The molecule has 1 amide bonds. The Balaban J connectivity index is 2.62. The van der Waals surface area contributed by atoms with Gasteiger partial charge in [0.15, 0.2) is 0 Å². The van der Waals surface area contributed by atoms with Crippen LogP contribution < -0.4 is 0 Å². The minimum absolute atomic E-state index is 0.0987. The molecule has 1 fully saturated rings. The van der Waals surface area contributed by atoms with Gasteiger partial charge in [-0.1, -0.05) is 0 Å². The van der Waals surface area contributed by atoms with Crippen LogP contribution in [-0.4, -0.2) is 41.9 Å². The SMILES string of the molecule is CC1COCC(C)N1C(=O)CS. The van der Waals surface area contributed by atoms with Gasteiger partial charge in [-0.05, 0) is 13.8 Å². The van der Waals surface area contributed by atoms with E-state index in [9.17, 15) is 4.79 Å². The minimum Gasteiger partial charge on any atom is -0.377 e. The maximum atomic E-state index is 11.4. The third kappa shape index (κ3) is 1.93. The van der Waals surface area contributed by atoms with Crippen molar-refractivity contribution in [1.29, 1.82) is 0 Å². The molecule has 0 aromatic rings. The van der Waals surface area contributed by atoms with Crippen molar-refractivity contribution in [1.82, 2.24) is 4.90 Å². The van der Waals surface area contributed by atoms with Crippen LogP contribution in [0.25, 0.3) is 0 Å². The lowest BCUT2D eigenvalue weighted by Gasteiger charge is -2.38. The topological polar surface area (TPSA) is 29.5 Å². The zero-order valence-corrected chi connectivity index (χ0v) is 8.38. The van der Waals surface area contributed by atoms with E-state index >= 15 is 0 Å². The van der Waals surface area contributed by atoms with E-state index in [2.05, 4.69) is 12.6 Å². The molecule has 0 saturated carbocycles. The van der Waals surface area contributed by atoms with Crippen LogP contribution in [0.2, 0.25) is 0 Å². The van der Waals surface area contributed by atoms with Gasteiger partial charge >= 0.3 is 0 Å². The van der Waals surface area contributed by atoms with Gasteiger partial charge in [0.1, 0.15) is 0 Å². The molecule has 0 radical (unpaired) electrons. The number of nitrogens with zero attached hydrogens (tertiary/aromatic N) is 1. The van der Waals surface area contributed by atoms with E-state index in [1.807, 2.05) is 18.7 Å². The van der Waals surface area contributed by atoms with Crippen LogP contribution in [-0.2, 0) is 9.53 Å². The van der Waals surface area contributed by atoms with Crippen molar-refractivity contribution in [3.8, 4) is 0 Å². The lowest BCUT2D eigenvalue weighted by atomic mass is 10.2. The van der Waals surface area contributed by atoms with E-state index in [0.717, 1.165) is 0 Å². The molecule has 70 valence electrons. The summed E-state index contributed by atoms with van der Waals surface area (Å²) in [5, 5.41) is 0. The smallest absolute Gasteiger partial charge is 0.232 e. The van der Waals surface area contributed by atoms with Crippen molar-refractivity contribution in [2.24, 2.45) is 0 Å². The van der Waals surface area contributed by atoms with Gasteiger partial charge in [-0.15, -0.1) is 0 Å². The number of hydrogen-bond acceptors (Lipinski definition) is 3. The average Bonchev–Trinajstić information content (AvgIpc) is 2.03. The van der Waals surface area contributed by atoms with Gasteiger partial charge < -0.3 is 9.64 Å². The Morgan fingerprint density at radius 2 is 2.00 bits per heavy atom. The van der Waals surface area contributed by atoms with Crippen molar-refractivity contribution in [3.05, 3.63) is 0 Å². The molecule has 0 spiro atoms. The summed E-state index contributed by atoms with van der Waals surface area (Å²) < 4.78 is 5.30. The second-order valence-electron chi connectivity index (χ2n) is 3.19. The number of rotatable bonds is 1. The molecule has 3 nitrogen and oxygen atoms in total. The highest BCUT2D eigenvalue weighted by Crippen LogP contribution is 2.13. The molecule has 1 saturated heterocycles. The summed E-state index contributed by atoms with van der Waals surface area (Å²) >= 11 is 3.97. The lowest BCUT2D eigenvalue weighted by Crippen LogP contribution is -2.52. The Morgan fingerprint density at radius 1 is 1.50 bits per heavy atom. The summed E-state index contributed by atoms with van der Waals surface area (Å²) in [4.78, 5) is 13.2. The number of carbonyl (C=O) groups excluding carboxylic acids is 1. The third-order valence-corrected chi connectivity index (χ3v) is 2.36. The molecule has 0 aromatic carbocycles. The summed E-state index contributed by atoms with van der Waals surface area (Å²) in [7, 11) is 0. The van der Waals surface area contributed by atoms with Crippen molar-refractivity contribution >= 4 is 18.5 Å². The van der Waals surface area contributed by atoms with E-state index in [-0.39, 0.29) is 23.7 Å². The molecule has 4 heteroatoms. The van der Waals surface area contributed by atoms with Gasteiger partial charge in [0.25, 0.3) is 0 Å². The highest BCUT2D eigenvalue weighted by molar-refractivity contribution is 7.81. The normalized spacial score (nSPS) is 30.4. The highest BCUT2D eigenvalue weighted by Gasteiger charge is 2.28. The predicted octanol–water partition coefficient (Wildman–Crippen LogP) is 0.552. The second-order valence-corrected chi connectivity index (χ2v) is 3.51. The number of amides is 1. The molecule has 2 unspecified atom stereocenters. The maximum absolute atomic E-state index is 11.4. The zero-order valence-electron chi connectivity index (χ0n) is 7.49. The number of hydrogen-bond donors (Lipinski definition) is 1. The summed E-state index contributed by atoms with van der Waals surface area (Å²) in [6, 6.07) is 0.377. The molecule has 1 aliphatic rings. The number of ether oxygens (including phenoxy) is 1. The van der Waals surface area contributed by atoms with Crippen molar-refractivity contribution < 1.29 is 9.53 Å². The molecule has 0 aliphatic carbocycles.